The predicted molar refractivity (Wildman–Crippen MR) is 75.1 cm³/mol. The minimum absolute atomic E-state index is 0.127. The molecular weight excluding hydrogens is 297 g/mol. The minimum atomic E-state index is -1.23. The molecule has 1 aromatic rings. The largest absolute Gasteiger partial charge is 0.493 e. The summed E-state index contributed by atoms with van der Waals surface area (Å²) >= 11 is 0. The highest BCUT2D eigenvalue weighted by molar-refractivity contribution is 5.42. The molecule has 0 spiro atoms. The van der Waals surface area contributed by atoms with Gasteiger partial charge in [0.2, 0.25) is 0 Å². The molecule has 1 aliphatic rings. The number of allylic oxidation sites excluding steroid dienone is 1. The Morgan fingerprint density at radius 3 is 2.50 bits per heavy atom. The Hall–Kier alpha value is -1.53. The van der Waals surface area contributed by atoms with Crippen molar-refractivity contribution >= 4 is 0 Å². The second-order valence-corrected chi connectivity index (χ2v) is 5.03. The van der Waals surface area contributed by atoms with Crippen molar-refractivity contribution in [2.45, 2.75) is 38.6 Å². The molecule has 1 aliphatic heterocycles. The second kappa shape index (κ2) is 7.65. The average Bonchev–Trinajstić information content (AvgIpc) is 2.54. The van der Waals surface area contributed by atoms with Crippen LogP contribution in [0.2, 0.25) is 0 Å². The third-order valence-electron chi connectivity index (χ3n) is 3.57. The van der Waals surface area contributed by atoms with Gasteiger partial charge >= 0.3 is 0 Å². The molecule has 0 saturated carbocycles. The van der Waals surface area contributed by atoms with Gasteiger partial charge in [-0.25, -0.2) is 13.2 Å². The molecule has 122 valence electrons. The van der Waals surface area contributed by atoms with E-state index in [1.807, 2.05) is 0 Å². The van der Waals surface area contributed by atoms with Gasteiger partial charge in [0.1, 0.15) is 0 Å². The summed E-state index contributed by atoms with van der Waals surface area (Å²) in [4.78, 5) is 0. The predicted octanol–water partition coefficient (Wildman–Crippen LogP) is 3.88. The monoisotopic (exact) mass is 316 g/mol. The number of ether oxygens (including phenoxy) is 3. The van der Waals surface area contributed by atoms with Gasteiger partial charge < -0.3 is 14.2 Å². The fourth-order valence-corrected chi connectivity index (χ4v) is 2.41. The highest BCUT2D eigenvalue weighted by atomic mass is 19.2. The third kappa shape index (κ3) is 3.44. The number of benzene rings is 1. The lowest BCUT2D eigenvalue weighted by Gasteiger charge is -2.23. The van der Waals surface area contributed by atoms with Gasteiger partial charge in [0.25, 0.3) is 0 Å². The summed E-state index contributed by atoms with van der Waals surface area (Å²) in [7, 11) is 1.20. The van der Waals surface area contributed by atoms with Crippen molar-refractivity contribution in [2.75, 3.05) is 13.7 Å². The maximum atomic E-state index is 14.3. The van der Waals surface area contributed by atoms with Crippen LogP contribution in [0.3, 0.4) is 0 Å². The molecule has 0 aliphatic carbocycles. The lowest BCUT2D eigenvalue weighted by Crippen LogP contribution is -2.22. The van der Waals surface area contributed by atoms with Crippen molar-refractivity contribution in [3.63, 3.8) is 0 Å². The molecule has 0 amide bonds. The highest BCUT2D eigenvalue weighted by Crippen LogP contribution is 2.33. The van der Waals surface area contributed by atoms with Crippen LogP contribution in [0.4, 0.5) is 13.2 Å². The Morgan fingerprint density at radius 2 is 1.91 bits per heavy atom. The molecule has 3 nitrogen and oxygen atoms in total. The number of hydrogen-bond acceptors (Lipinski definition) is 3. The fourth-order valence-electron chi connectivity index (χ4n) is 2.41. The molecule has 6 heteroatoms. The maximum absolute atomic E-state index is 14.3. The summed E-state index contributed by atoms with van der Waals surface area (Å²) in [6.45, 7) is 3.65. The maximum Gasteiger partial charge on any atom is 0.172 e. The van der Waals surface area contributed by atoms with Gasteiger partial charge in [0, 0.05) is 12.2 Å². The van der Waals surface area contributed by atoms with Crippen LogP contribution in [0.15, 0.2) is 12.7 Å². The molecule has 0 aromatic heterocycles. The van der Waals surface area contributed by atoms with Gasteiger partial charge in [-0.05, 0) is 25.7 Å². The van der Waals surface area contributed by atoms with Gasteiger partial charge in [-0.15, -0.1) is 6.58 Å². The first-order valence-corrected chi connectivity index (χ1v) is 7.16. The van der Waals surface area contributed by atoms with Gasteiger partial charge in [-0.1, -0.05) is 6.08 Å². The number of rotatable bonds is 6. The molecule has 1 atom stereocenters. The van der Waals surface area contributed by atoms with E-state index >= 15 is 0 Å². The van der Waals surface area contributed by atoms with E-state index in [1.165, 1.54) is 13.2 Å². The Balaban J connectivity index is 2.27. The van der Waals surface area contributed by atoms with Crippen LogP contribution in [0.1, 0.15) is 30.4 Å². The standard InChI is InChI=1S/C16H19F3O3/c1-3-6-10-13(17)14(18)11(16(20-2)15(10)19)9-22-12-7-4-5-8-21-12/h3,12H,1,4-9H2,2H3. The van der Waals surface area contributed by atoms with E-state index in [-0.39, 0.29) is 24.3 Å². The molecule has 2 rings (SSSR count). The Labute approximate surface area is 127 Å². The zero-order valence-electron chi connectivity index (χ0n) is 12.5. The quantitative estimate of drug-likeness (QED) is 0.589. The summed E-state index contributed by atoms with van der Waals surface area (Å²) in [5, 5.41) is 0. The van der Waals surface area contributed by atoms with Gasteiger partial charge in [-0.3, -0.25) is 0 Å². The normalized spacial score (nSPS) is 18.3. The van der Waals surface area contributed by atoms with E-state index in [0.29, 0.717) is 13.0 Å². The molecule has 1 aromatic carbocycles. The summed E-state index contributed by atoms with van der Waals surface area (Å²) in [6.07, 6.45) is 3.23. The SMILES string of the molecule is C=CCc1c(F)c(F)c(COC2CCCCO2)c(OC)c1F. The topological polar surface area (TPSA) is 27.7 Å². The first-order valence-electron chi connectivity index (χ1n) is 7.16. The molecule has 0 radical (unpaired) electrons. The first kappa shape index (κ1) is 16.8. The van der Waals surface area contributed by atoms with Crippen molar-refractivity contribution in [1.82, 2.24) is 0 Å². The molecular formula is C16H19F3O3. The van der Waals surface area contributed by atoms with Crippen LogP contribution in [-0.4, -0.2) is 20.0 Å². The summed E-state index contributed by atoms with van der Waals surface area (Å²) in [5.74, 6) is -3.66. The lowest BCUT2D eigenvalue weighted by molar-refractivity contribution is -0.169. The summed E-state index contributed by atoms with van der Waals surface area (Å²) in [6, 6.07) is 0. The van der Waals surface area contributed by atoms with Crippen LogP contribution >= 0.6 is 0 Å². The molecule has 0 bridgehead atoms. The van der Waals surface area contributed by atoms with E-state index in [0.717, 1.165) is 12.8 Å². The number of methoxy groups -OCH3 is 1. The van der Waals surface area contributed by atoms with Crippen LogP contribution < -0.4 is 4.74 Å². The fraction of sp³-hybridized carbons (Fsp3) is 0.500. The lowest BCUT2D eigenvalue weighted by atomic mass is 10.0. The zero-order chi connectivity index (χ0) is 16.1. The Kier molecular flexibility index (Phi) is 5.85. The van der Waals surface area contributed by atoms with Crippen molar-refractivity contribution < 1.29 is 27.4 Å². The number of hydrogen-bond donors (Lipinski definition) is 0. The molecule has 1 heterocycles. The van der Waals surface area contributed by atoms with E-state index in [4.69, 9.17) is 14.2 Å². The molecule has 1 unspecified atom stereocenters. The zero-order valence-corrected chi connectivity index (χ0v) is 12.5. The number of halogens is 3. The van der Waals surface area contributed by atoms with Crippen LogP contribution in [0, 0.1) is 17.5 Å². The summed E-state index contributed by atoms with van der Waals surface area (Å²) in [5.41, 5.74) is -0.679. The first-order chi connectivity index (χ1) is 10.6. The van der Waals surface area contributed by atoms with Crippen LogP contribution in [0.25, 0.3) is 0 Å². The van der Waals surface area contributed by atoms with E-state index in [2.05, 4.69) is 6.58 Å². The van der Waals surface area contributed by atoms with Crippen LogP contribution in [0.5, 0.6) is 5.75 Å². The molecule has 22 heavy (non-hydrogen) atoms. The highest BCUT2D eigenvalue weighted by Gasteiger charge is 2.26. The van der Waals surface area contributed by atoms with Gasteiger partial charge in [-0.2, -0.15) is 0 Å². The average molecular weight is 316 g/mol. The van der Waals surface area contributed by atoms with Crippen molar-refractivity contribution in [2.24, 2.45) is 0 Å². The third-order valence-corrected chi connectivity index (χ3v) is 3.57. The summed E-state index contributed by atoms with van der Waals surface area (Å²) < 4.78 is 58.1. The Bertz CT molecular complexity index is 540. The van der Waals surface area contributed by atoms with Crippen molar-refractivity contribution in [3.8, 4) is 5.75 Å². The van der Waals surface area contributed by atoms with E-state index < -0.39 is 29.3 Å². The van der Waals surface area contributed by atoms with Gasteiger partial charge in [0.15, 0.2) is 29.5 Å². The van der Waals surface area contributed by atoms with E-state index in [1.54, 1.807) is 0 Å². The minimum Gasteiger partial charge on any atom is -0.493 e. The van der Waals surface area contributed by atoms with E-state index in [9.17, 15) is 13.2 Å². The van der Waals surface area contributed by atoms with Crippen LogP contribution in [-0.2, 0) is 22.5 Å². The van der Waals surface area contributed by atoms with Crippen molar-refractivity contribution in [1.29, 1.82) is 0 Å². The molecule has 1 saturated heterocycles. The Morgan fingerprint density at radius 1 is 1.18 bits per heavy atom. The van der Waals surface area contributed by atoms with Crippen molar-refractivity contribution in [3.05, 3.63) is 41.2 Å². The van der Waals surface area contributed by atoms with Gasteiger partial charge in [0.05, 0.1) is 19.3 Å². The second-order valence-electron chi connectivity index (χ2n) is 5.03. The smallest absolute Gasteiger partial charge is 0.172 e. The molecule has 1 fully saturated rings. The molecule has 0 N–H and O–H groups in total.